The molecular formula is C32H44O12. The zero-order chi connectivity index (χ0) is 31.6. The molecule has 7 aliphatic rings. The fourth-order valence-electron chi connectivity index (χ4n) is 10.7. The first kappa shape index (κ1) is 30.7. The van der Waals surface area contributed by atoms with Crippen LogP contribution in [0.3, 0.4) is 0 Å². The van der Waals surface area contributed by atoms with Crippen molar-refractivity contribution in [2.24, 2.45) is 34.5 Å². The molecule has 0 aromatic carbocycles. The van der Waals surface area contributed by atoms with Crippen LogP contribution in [0, 0.1) is 34.5 Å². The van der Waals surface area contributed by atoms with Gasteiger partial charge in [-0.15, -0.1) is 0 Å². The fourth-order valence-corrected chi connectivity index (χ4v) is 10.7. The van der Waals surface area contributed by atoms with Crippen LogP contribution in [-0.2, 0) is 42.8 Å². The van der Waals surface area contributed by atoms with Crippen LogP contribution in [0.15, 0.2) is 11.6 Å². The Hall–Kier alpha value is -1.93. The van der Waals surface area contributed by atoms with E-state index in [4.69, 9.17) is 28.4 Å². The molecule has 0 spiro atoms. The number of methoxy groups -OCH3 is 1. The largest absolute Gasteiger partial charge is 0.458 e. The number of fused-ring (bicyclic) bond motifs is 7. The highest BCUT2D eigenvalue weighted by molar-refractivity contribution is 5.91. The van der Waals surface area contributed by atoms with E-state index in [1.54, 1.807) is 6.92 Å². The van der Waals surface area contributed by atoms with Crippen molar-refractivity contribution in [1.29, 1.82) is 0 Å². The summed E-state index contributed by atoms with van der Waals surface area (Å²) in [5.41, 5.74) is -2.47. The predicted octanol–water partition coefficient (Wildman–Crippen LogP) is 1.17. The molecule has 3 aliphatic heterocycles. The van der Waals surface area contributed by atoms with Gasteiger partial charge in [0.15, 0.2) is 11.9 Å². The predicted molar refractivity (Wildman–Crippen MR) is 148 cm³/mol. The number of ether oxygens (including phenoxy) is 6. The zero-order valence-electron chi connectivity index (χ0n) is 25.9. The number of aliphatic hydroxyl groups is 3. The maximum Gasteiger partial charge on any atom is 0.331 e. The first-order valence-electron chi connectivity index (χ1n) is 15.9. The molecule has 4 saturated carbocycles. The van der Waals surface area contributed by atoms with Crippen LogP contribution in [0.4, 0.5) is 0 Å². The van der Waals surface area contributed by atoms with E-state index in [2.05, 4.69) is 0 Å². The molecular weight excluding hydrogens is 576 g/mol. The lowest BCUT2D eigenvalue weighted by Gasteiger charge is -2.65. The van der Waals surface area contributed by atoms with E-state index in [9.17, 15) is 29.7 Å². The molecule has 6 fully saturated rings. The molecule has 7 rings (SSSR count). The monoisotopic (exact) mass is 620 g/mol. The van der Waals surface area contributed by atoms with Gasteiger partial charge >= 0.3 is 11.9 Å². The molecule has 0 aromatic heterocycles. The van der Waals surface area contributed by atoms with Crippen molar-refractivity contribution in [1.82, 2.24) is 0 Å². The van der Waals surface area contributed by atoms with Gasteiger partial charge in [0, 0.05) is 31.4 Å². The molecule has 3 heterocycles. The Morgan fingerprint density at radius 2 is 1.84 bits per heavy atom. The van der Waals surface area contributed by atoms with Gasteiger partial charge in [-0.25, -0.2) is 4.79 Å². The Labute approximate surface area is 256 Å². The molecule has 44 heavy (non-hydrogen) atoms. The van der Waals surface area contributed by atoms with Crippen molar-refractivity contribution < 1.29 is 58.1 Å². The van der Waals surface area contributed by atoms with E-state index in [0.29, 0.717) is 37.7 Å². The van der Waals surface area contributed by atoms with E-state index in [1.165, 1.54) is 20.1 Å². The summed E-state index contributed by atoms with van der Waals surface area (Å²) in [6.45, 7) is 6.91. The van der Waals surface area contributed by atoms with E-state index in [-0.39, 0.29) is 24.2 Å². The summed E-state index contributed by atoms with van der Waals surface area (Å²) < 4.78 is 35.1. The smallest absolute Gasteiger partial charge is 0.331 e. The van der Waals surface area contributed by atoms with Crippen LogP contribution in [0.1, 0.15) is 66.2 Å². The number of carbonyl (C=O) groups is 3. The summed E-state index contributed by atoms with van der Waals surface area (Å²) in [5.74, 6) is -4.77. The van der Waals surface area contributed by atoms with Crippen molar-refractivity contribution in [3.05, 3.63) is 11.6 Å². The lowest BCUT2D eigenvalue weighted by Crippen LogP contribution is -2.75. The lowest BCUT2D eigenvalue weighted by molar-refractivity contribution is -0.470. The average Bonchev–Trinajstić information content (AvgIpc) is 3.50. The van der Waals surface area contributed by atoms with Gasteiger partial charge in [-0.3, -0.25) is 9.59 Å². The molecule has 244 valence electrons. The van der Waals surface area contributed by atoms with E-state index in [1.807, 2.05) is 13.8 Å². The van der Waals surface area contributed by atoms with Gasteiger partial charge in [0.1, 0.15) is 18.8 Å². The van der Waals surface area contributed by atoms with Crippen molar-refractivity contribution in [2.45, 2.75) is 121 Å². The minimum absolute atomic E-state index is 0.0280. The van der Waals surface area contributed by atoms with E-state index in [0.717, 1.165) is 6.42 Å². The third-order valence-corrected chi connectivity index (χ3v) is 12.8. The summed E-state index contributed by atoms with van der Waals surface area (Å²) in [5, 5.41) is 35.2. The second-order valence-corrected chi connectivity index (χ2v) is 14.7. The minimum atomic E-state index is -2.07. The van der Waals surface area contributed by atoms with Crippen LogP contribution >= 0.6 is 0 Å². The summed E-state index contributed by atoms with van der Waals surface area (Å²) >= 11 is 0. The summed E-state index contributed by atoms with van der Waals surface area (Å²) in [6, 6.07) is 0. The number of Topliss-reactive ketones (excluding diaryl/α,β-unsaturated/α-hetero) is 1. The van der Waals surface area contributed by atoms with E-state index < -0.39 is 88.9 Å². The van der Waals surface area contributed by atoms with Crippen molar-refractivity contribution in [3.8, 4) is 0 Å². The first-order chi connectivity index (χ1) is 20.7. The summed E-state index contributed by atoms with van der Waals surface area (Å²) in [7, 11) is 1.38. The van der Waals surface area contributed by atoms with Gasteiger partial charge in [0.25, 0.3) is 0 Å². The van der Waals surface area contributed by atoms with E-state index >= 15 is 0 Å². The van der Waals surface area contributed by atoms with Gasteiger partial charge in [-0.1, -0.05) is 13.8 Å². The van der Waals surface area contributed by atoms with Gasteiger partial charge in [-0.05, 0) is 74.2 Å². The van der Waals surface area contributed by atoms with Crippen LogP contribution in [0.25, 0.3) is 0 Å². The molecule has 0 radical (unpaired) electrons. The molecule has 2 saturated heterocycles. The molecule has 0 bridgehead atoms. The lowest BCUT2D eigenvalue weighted by atomic mass is 9.41. The molecule has 15 atom stereocenters. The zero-order valence-corrected chi connectivity index (χ0v) is 25.9. The molecule has 12 nitrogen and oxygen atoms in total. The highest BCUT2D eigenvalue weighted by Gasteiger charge is 2.76. The maximum atomic E-state index is 14.8. The topological polar surface area (TPSA) is 167 Å². The van der Waals surface area contributed by atoms with Crippen molar-refractivity contribution >= 4 is 17.7 Å². The normalized spacial score (nSPS) is 54.6. The second kappa shape index (κ2) is 10.0. The summed E-state index contributed by atoms with van der Waals surface area (Å²) in [6.07, 6.45) is -1.78. The second-order valence-electron chi connectivity index (χ2n) is 14.7. The summed E-state index contributed by atoms with van der Waals surface area (Å²) in [4.78, 5) is 39.3. The van der Waals surface area contributed by atoms with Gasteiger partial charge in [-0.2, -0.15) is 0 Å². The number of cyclic esters (lactones) is 1. The Balaban J connectivity index is 1.25. The molecule has 4 aliphatic carbocycles. The van der Waals surface area contributed by atoms with Gasteiger partial charge in [0.05, 0.1) is 23.9 Å². The molecule has 12 heteroatoms. The number of rotatable bonds is 3. The Morgan fingerprint density at radius 3 is 2.50 bits per heavy atom. The van der Waals surface area contributed by atoms with Gasteiger partial charge < -0.3 is 43.7 Å². The Kier molecular flexibility index (Phi) is 7.00. The molecule has 3 N–H and O–H groups in total. The fraction of sp³-hybridized carbons (Fsp3) is 0.844. The maximum absolute atomic E-state index is 14.8. The Bertz CT molecular complexity index is 1280. The number of esters is 2. The number of aliphatic hydroxyl groups excluding tert-OH is 1. The third kappa shape index (κ3) is 3.91. The number of hydrogen-bond acceptors (Lipinski definition) is 12. The number of carbonyl (C=O) groups excluding carboxylic acids is 3. The van der Waals surface area contributed by atoms with Gasteiger partial charge in [0.2, 0.25) is 12.1 Å². The standard InChI is InChI=1S/C32H44O12/c1-14-24(35)27(39-5)32(38)28(41-14)43-20-11-17-6-7-19-23(29(17,3)12-21(20)44-32)25(36)26(42-15(2)33)30(4)18(8-9-31(19,30)37)16-10-22(34)40-13-16/h10,14,17-21,23-24,26-28,35,37-38H,6-9,11-13H2,1-5H3/t14-,17-,18-,19-,20-,21-,23-,24+,26+,27-,28+,29+,30+,31+,32+/m1/s1. The molecule has 0 unspecified atom stereocenters. The molecule has 0 amide bonds. The van der Waals surface area contributed by atoms with Crippen LogP contribution in [-0.4, -0.2) is 101 Å². The number of ketones is 1. The number of hydrogen-bond donors (Lipinski definition) is 3. The first-order valence-corrected chi connectivity index (χ1v) is 15.9. The average molecular weight is 621 g/mol. The third-order valence-electron chi connectivity index (χ3n) is 12.8. The minimum Gasteiger partial charge on any atom is -0.458 e. The molecule has 0 aromatic rings. The van der Waals surface area contributed by atoms with Crippen LogP contribution in [0.5, 0.6) is 0 Å². The SMILES string of the molecule is CO[C@@H]1[C@@H](O)[C@@H](C)O[C@H]2O[C@@H]3C[C@H]4CC[C@@H]5[C@H](C(=O)[C@H](OC(C)=O)[C@]6(C)[C@@H](C7=CC(=O)OC7)CC[C@]56O)[C@@]4(C)C[C@H]3O[C@]21O. The van der Waals surface area contributed by atoms with Crippen LogP contribution in [0.2, 0.25) is 0 Å². The highest BCUT2D eigenvalue weighted by atomic mass is 16.8. The Morgan fingerprint density at radius 1 is 1.09 bits per heavy atom. The van der Waals surface area contributed by atoms with Crippen molar-refractivity contribution in [2.75, 3.05) is 13.7 Å². The highest BCUT2D eigenvalue weighted by Crippen LogP contribution is 2.70. The quantitative estimate of drug-likeness (QED) is 0.305. The van der Waals surface area contributed by atoms with Crippen LogP contribution < -0.4 is 0 Å². The van der Waals surface area contributed by atoms with Crippen molar-refractivity contribution in [3.63, 3.8) is 0 Å².